The van der Waals surface area contributed by atoms with Gasteiger partial charge in [0.25, 0.3) is 0 Å². The van der Waals surface area contributed by atoms with Crippen molar-refractivity contribution in [2.75, 3.05) is 6.54 Å². The predicted octanol–water partition coefficient (Wildman–Crippen LogP) is -1.77. The Kier molecular flexibility index (Phi) is 2.79. The van der Waals surface area contributed by atoms with Crippen LogP contribution in [0, 0.1) is 5.21 Å². The monoisotopic (exact) mass is 159 g/mol. The second-order valence-electron chi connectivity index (χ2n) is 2.24. The number of nitrogens with one attached hydrogen (secondary N) is 2. The van der Waals surface area contributed by atoms with Crippen LogP contribution in [0.3, 0.4) is 0 Å². The van der Waals surface area contributed by atoms with Gasteiger partial charge in [-0.05, 0) is 19.4 Å². The van der Waals surface area contributed by atoms with Gasteiger partial charge in [-0.25, -0.2) is 4.79 Å². The van der Waals surface area contributed by atoms with Crippen LogP contribution in [-0.2, 0) is 9.63 Å². The Morgan fingerprint density at radius 1 is 1.82 bits per heavy atom. The lowest BCUT2D eigenvalue weighted by atomic mass is 10.2. The molecule has 11 heavy (non-hydrogen) atoms. The van der Waals surface area contributed by atoms with Crippen molar-refractivity contribution in [1.82, 2.24) is 5.32 Å². The molecule has 1 fully saturated rings. The minimum absolute atomic E-state index is 0.299. The van der Waals surface area contributed by atoms with E-state index in [1.165, 1.54) is 0 Å². The molecule has 1 aliphatic rings. The highest BCUT2D eigenvalue weighted by molar-refractivity contribution is 5.75. The average molecular weight is 159 g/mol. The number of carbonyl (C=O) groups is 1. The first-order valence-corrected chi connectivity index (χ1v) is 3.36. The van der Waals surface area contributed by atoms with E-state index in [0.29, 0.717) is 0 Å². The second kappa shape index (κ2) is 3.87. The summed E-state index contributed by atoms with van der Waals surface area (Å²) in [6.45, 7) is 0.810. The highest BCUT2D eigenvalue weighted by atomic mass is 16.7. The number of rotatable bonds is 2. The van der Waals surface area contributed by atoms with E-state index in [1.54, 1.807) is 0 Å². The number of nitrogens with zero attached hydrogens (tertiary/aromatic N) is 1. The molecule has 6 heteroatoms. The van der Waals surface area contributed by atoms with Gasteiger partial charge in [0.2, 0.25) is 5.28 Å². The Morgan fingerprint density at radius 2 is 2.64 bits per heavy atom. The summed E-state index contributed by atoms with van der Waals surface area (Å²) in [6, 6.07) is -0.299. The van der Waals surface area contributed by atoms with E-state index in [-0.39, 0.29) is 6.04 Å². The molecule has 2 N–H and O–H groups in total. The second-order valence-corrected chi connectivity index (χ2v) is 2.24. The summed E-state index contributed by atoms with van der Waals surface area (Å²) in [5, 5.41) is 16.3. The molecular formula is C5H9N3O3. The lowest BCUT2D eigenvalue weighted by Gasteiger charge is -2.02. The maximum Gasteiger partial charge on any atom is 0.357 e. The zero-order valence-corrected chi connectivity index (χ0v) is 5.87. The standard InChI is InChI=1S/C5H9N3O3/c9-5(11-8-7-10)4-2-1-3-6-4/h4,6-7H,1-3H2/t4-/m0/s1. The molecular weight excluding hydrogens is 150 g/mol. The summed E-state index contributed by atoms with van der Waals surface area (Å²) >= 11 is 0. The fourth-order valence-electron chi connectivity index (χ4n) is 1.01. The first kappa shape index (κ1) is 7.93. The molecule has 1 rings (SSSR count). The Morgan fingerprint density at radius 3 is 3.18 bits per heavy atom. The van der Waals surface area contributed by atoms with E-state index in [1.807, 2.05) is 0 Å². The van der Waals surface area contributed by atoms with Crippen molar-refractivity contribution in [3.63, 3.8) is 0 Å². The Labute approximate surface area is 63.2 Å². The quantitative estimate of drug-likeness (QED) is 0.368. The molecule has 6 nitrogen and oxygen atoms in total. The van der Waals surface area contributed by atoms with Gasteiger partial charge in [0.05, 0.1) is 0 Å². The van der Waals surface area contributed by atoms with Gasteiger partial charge in [0.15, 0.2) is 0 Å². The predicted molar refractivity (Wildman–Crippen MR) is 33.9 cm³/mol. The van der Waals surface area contributed by atoms with E-state index in [9.17, 15) is 10.0 Å². The van der Waals surface area contributed by atoms with Crippen LogP contribution < -0.4 is 10.6 Å². The van der Waals surface area contributed by atoms with Crippen LogP contribution in [0.5, 0.6) is 0 Å². The minimum Gasteiger partial charge on any atom is -0.599 e. The lowest BCUT2D eigenvalue weighted by molar-refractivity contribution is -0.490. The smallest absolute Gasteiger partial charge is 0.357 e. The van der Waals surface area contributed by atoms with Crippen LogP contribution >= 0.6 is 0 Å². The zero-order valence-electron chi connectivity index (χ0n) is 5.87. The molecule has 0 unspecified atom stereocenters. The van der Waals surface area contributed by atoms with E-state index in [2.05, 4.69) is 15.4 Å². The summed E-state index contributed by atoms with van der Waals surface area (Å²) in [4.78, 5) is 15.0. The molecule has 1 aliphatic heterocycles. The minimum atomic E-state index is -0.508. The molecule has 1 saturated heterocycles. The van der Waals surface area contributed by atoms with Crippen LogP contribution in [0.2, 0.25) is 0 Å². The zero-order chi connectivity index (χ0) is 8.10. The van der Waals surface area contributed by atoms with Crippen molar-refractivity contribution in [1.29, 1.82) is 0 Å². The molecule has 0 aliphatic carbocycles. The molecule has 1 atom stereocenters. The summed E-state index contributed by atoms with van der Waals surface area (Å²) in [5.74, 6) is -0.508. The molecule has 62 valence electrons. The fraction of sp³-hybridized carbons (Fsp3) is 0.800. The molecule has 0 aromatic carbocycles. The molecule has 0 aromatic heterocycles. The maximum absolute atomic E-state index is 10.8. The SMILES string of the molecule is O=C(ON=[NH+][O-])[C@@H]1CCCN1. The van der Waals surface area contributed by atoms with Crippen LogP contribution in [0.1, 0.15) is 12.8 Å². The first-order valence-electron chi connectivity index (χ1n) is 3.36. The van der Waals surface area contributed by atoms with Crippen LogP contribution in [0.25, 0.3) is 0 Å². The van der Waals surface area contributed by atoms with E-state index in [0.717, 1.165) is 24.7 Å². The van der Waals surface area contributed by atoms with Gasteiger partial charge in [-0.2, -0.15) is 0 Å². The van der Waals surface area contributed by atoms with Crippen molar-refractivity contribution in [2.45, 2.75) is 18.9 Å². The van der Waals surface area contributed by atoms with Gasteiger partial charge < -0.3 is 10.5 Å². The third kappa shape index (κ3) is 2.15. The van der Waals surface area contributed by atoms with Crippen molar-refractivity contribution in [3.05, 3.63) is 5.21 Å². The van der Waals surface area contributed by atoms with Gasteiger partial charge in [-0.3, -0.25) is 4.84 Å². The molecule has 0 saturated carbocycles. The number of hydrogen-bond donors (Lipinski definition) is 2. The van der Waals surface area contributed by atoms with E-state index < -0.39 is 5.97 Å². The Hall–Kier alpha value is -1.17. The fourth-order valence-corrected chi connectivity index (χ4v) is 1.01. The molecule has 0 bridgehead atoms. The largest absolute Gasteiger partial charge is 0.599 e. The van der Waals surface area contributed by atoms with Crippen LogP contribution in [0.15, 0.2) is 5.28 Å². The lowest BCUT2D eigenvalue weighted by Crippen LogP contribution is -2.56. The van der Waals surface area contributed by atoms with Crippen molar-refractivity contribution >= 4 is 5.97 Å². The van der Waals surface area contributed by atoms with Gasteiger partial charge in [-0.1, -0.05) is 5.28 Å². The van der Waals surface area contributed by atoms with Crippen molar-refractivity contribution in [3.8, 4) is 0 Å². The highest BCUT2D eigenvalue weighted by Gasteiger charge is 2.24. The topological polar surface area (TPSA) is 87.7 Å². The maximum atomic E-state index is 10.8. The third-order valence-corrected chi connectivity index (χ3v) is 1.52. The van der Waals surface area contributed by atoms with Gasteiger partial charge in [-0.15, -0.1) is 0 Å². The average Bonchev–Trinajstić information content (AvgIpc) is 2.52. The number of hydrogen-bond acceptors (Lipinski definition) is 5. The molecule has 0 spiro atoms. The molecule has 0 amide bonds. The van der Waals surface area contributed by atoms with Gasteiger partial charge in [0, 0.05) is 0 Å². The number of carbonyl (C=O) groups excluding carboxylic acids is 1. The highest BCUT2D eigenvalue weighted by Crippen LogP contribution is 2.05. The van der Waals surface area contributed by atoms with Gasteiger partial charge >= 0.3 is 5.97 Å². The van der Waals surface area contributed by atoms with Crippen molar-refractivity contribution in [2.24, 2.45) is 5.28 Å². The normalized spacial score (nSPS) is 24.2. The first-order chi connectivity index (χ1) is 5.34. The van der Waals surface area contributed by atoms with Crippen LogP contribution in [0.4, 0.5) is 0 Å². The summed E-state index contributed by atoms with van der Waals surface area (Å²) in [6.07, 6.45) is 1.69. The summed E-state index contributed by atoms with van der Waals surface area (Å²) < 4.78 is 0. The summed E-state index contributed by atoms with van der Waals surface area (Å²) in [5.41, 5.74) is 0. The van der Waals surface area contributed by atoms with E-state index in [4.69, 9.17) is 0 Å². The van der Waals surface area contributed by atoms with Crippen molar-refractivity contribution < 1.29 is 14.9 Å². The molecule has 1 heterocycles. The molecule has 0 radical (unpaired) electrons. The molecule has 0 aromatic rings. The van der Waals surface area contributed by atoms with Crippen LogP contribution in [-0.4, -0.2) is 18.6 Å². The Bertz CT molecular complexity index is 164. The Balaban J connectivity index is 2.28. The van der Waals surface area contributed by atoms with E-state index >= 15 is 0 Å². The third-order valence-electron chi connectivity index (χ3n) is 1.52. The van der Waals surface area contributed by atoms with Gasteiger partial charge in [0.1, 0.15) is 6.04 Å². The summed E-state index contributed by atoms with van der Waals surface area (Å²) in [7, 11) is 0.